The normalized spacial score (nSPS) is 14.5. The fourth-order valence-corrected chi connectivity index (χ4v) is 2.19. The fraction of sp³-hybridized carbons (Fsp3) is 0.133. The van der Waals surface area contributed by atoms with Crippen LogP contribution in [0.5, 0.6) is 0 Å². The van der Waals surface area contributed by atoms with Gasteiger partial charge in [0.1, 0.15) is 5.52 Å². The maximum Gasteiger partial charge on any atom is 0.231 e. The molecule has 1 N–H and O–H groups in total. The van der Waals surface area contributed by atoms with Crippen molar-refractivity contribution in [1.29, 1.82) is 0 Å². The maximum absolute atomic E-state index is 10.7. The number of halogens is 1. The van der Waals surface area contributed by atoms with Gasteiger partial charge in [-0.3, -0.25) is 0 Å². The number of aromatic nitrogens is 1. The smallest absolute Gasteiger partial charge is 0.231 e. The first-order chi connectivity index (χ1) is 9.07. The van der Waals surface area contributed by atoms with Crippen molar-refractivity contribution >= 4 is 22.7 Å². The third kappa shape index (κ3) is 2.11. The molecule has 0 aliphatic heterocycles. The summed E-state index contributed by atoms with van der Waals surface area (Å²) in [7, 11) is 0. The standard InChI is InChI=1S/C15H12ClNO2/c1-15(18,10-5-4-6-11(16)9-10)14-17-12-7-2-3-8-13(12)19-14/h2-9,18H,1H3. The highest BCUT2D eigenvalue weighted by Crippen LogP contribution is 2.31. The average Bonchev–Trinajstić information content (AvgIpc) is 2.83. The Balaban J connectivity index is 2.13. The average molecular weight is 274 g/mol. The van der Waals surface area contributed by atoms with Crippen molar-refractivity contribution < 1.29 is 9.52 Å². The number of fused-ring (bicyclic) bond motifs is 1. The van der Waals surface area contributed by atoms with Gasteiger partial charge in [-0.05, 0) is 36.8 Å². The van der Waals surface area contributed by atoms with E-state index in [4.69, 9.17) is 16.0 Å². The molecule has 3 nitrogen and oxygen atoms in total. The van der Waals surface area contributed by atoms with Gasteiger partial charge in [0.2, 0.25) is 5.89 Å². The maximum atomic E-state index is 10.7. The van der Waals surface area contributed by atoms with E-state index in [0.717, 1.165) is 5.52 Å². The number of oxazole rings is 1. The van der Waals surface area contributed by atoms with Gasteiger partial charge < -0.3 is 9.52 Å². The lowest BCUT2D eigenvalue weighted by Gasteiger charge is -2.19. The molecule has 96 valence electrons. The van der Waals surface area contributed by atoms with E-state index in [9.17, 15) is 5.11 Å². The van der Waals surface area contributed by atoms with Crippen molar-refractivity contribution in [2.24, 2.45) is 0 Å². The van der Waals surface area contributed by atoms with E-state index in [1.807, 2.05) is 24.3 Å². The van der Waals surface area contributed by atoms with Crippen LogP contribution in [0.3, 0.4) is 0 Å². The van der Waals surface area contributed by atoms with Gasteiger partial charge in [0.15, 0.2) is 11.2 Å². The molecular weight excluding hydrogens is 262 g/mol. The first-order valence-corrected chi connectivity index (χ1v) is 6.29. The Morgan fingerprint density at radius 2 is 1.95 bits per heavy atom. The molecule has 0 fully saturated rings. The molecule has 3 rings (SSSR count). The van der Waals surface area contributed by atoms with E-state index < -0.39 is 5.60 Å². The molecule has 0 bridgehead atoms. The molecule has 4 heteroatoms. The molecule has 1 aromatic heterocycles. The minimum Gasteiger partial charge on any atom is -0.437 e. The summed E-state index contributed by atoms with van der Waals surface area (Å²) < 4.78 is 5.62. The Kier molecular flexibility index (Phi) is 2.81. The second-order valence-corrected chi connectivity index (χ2v) is 5.01. The molecule has 1 unspecified atom stereocenters. The quantitative estimate of drug-likeness (QED) is 0.774. The molecule has 0 aliphatic carbocycles. The van der Waals surface area contributed by atoms with Gasteiger partial charge in [-0.1, -0.05) is 35.9 Å². The third-order valence-electron chi connectivity index (χ3n) is 3.10. The largest absolute Gasteiger partial charge is 0.437 e. The van der Waals surface area contributed by atoms with E-state index in [1.165, 1.54) is 0 Å². The summed E-state index contributed by atoms with van der Waals surface area (Å²) in [6.07, 6.45) is 0. The van der Waals surface area contributed by atoms with Gasteiger partial charge in [0.25, 0.3) is 0 Å². The van der Waals surface area contributed by atoms with Gasteiger partial charge in [-0.25, -0.2) is 4.98 Å². The summed E-state index contributed by atoms with van der Waals surface area (Å²) in [5, 5.41) is 11.2. The van der Waals surface area contributed by atoms with Crippen LogP contribution < -0.4 is 0 Å². The van der Waals surface area contributed by atoms with Gasteiger partial charge in [0.05, 0.1) is 0 Å². The second-order valence-electron chi connectivity index (χ2n) is 4.57. The first kappa shape index (κ1) is 12.2. The summed E-state index contributed by atoms with van der Waals surface area (Å²) in [5.74, 6) is 0.260. The number of benzene rings is 2. The molecule has 0 saturated carbocycles. The van der Waals surface area contributed by atoms with Gasteiger partial charge in [-0.15, -0.1) is 0 Å². The van der Waals surface area contributed by atoms with E-state index in [-0.39, 0.29) is 5.89 Å². The molecule has 0 amide bonds. The van der Waals surface area contributed by atoms with Crippen molar-refractivity contribution in [3.8, 4) is 0 Å². The molecular formula is C15H12ClNO2. The topological polar surface area (TPSA) is 46.3 Å². The summed E-state index contributed by atoms with van der Waals surface area (Å²) >= 11 is 5.95. The van der Waals surface area contributed by atoms with E-state index in [1.54, 1.807) is 31.2 Å². The molecule has 1 atom stereocenters. The van der Waals surface area contributed by atoms with Gasteiger partial charge in [0, 0.05) is 5.02 Å². The molecule has 19 heavy (non-hydrogen) atoms. The van der Waals surface area contributed by atoms with Gasteiger partial charge in [-0.2, -0.15) is 0 Å². The zero-order valence-electron chi connectivity index (χ0n) is 10.3. The van der Waals surface area contributed by atoms with E-state index in [2.05, 4.69) is 4.98 Å². The van der Waals surface area contributed by atoms with Crippen LogP contribution in [-0.2, 0) is 5.60 Å². The van der Waals surface area contributed by atoms with Crippen molar-refractivity contribution in [3.63, 3.8) is 0 Å². The van der Waals surface area contributed by atoms with Gasteiger partial charge >= 0.3 is 0 Å². The Morgan fingerprint density at radius 3 is 2.68 bits per heavy atom. The van der Waals surface area contributed by atoms with Crippen LogP contribution in [0.2, 0.25) is 5.02 Å². The predicted octanol–water partition coefficient (Wildman–Crippen LogP) is 3.74. The number of nitrogens with zero attached hydrogens (tertiary/aromatic N) is 1. The molecule has 3 aromatic rings. The number of rotatable bonds is 2. The van der Waals surface area contributed by atoms with Crippen LogP contribution in [0, 0.1) is 0 Å². The summed E-state index contributed by atoms with van der Waals surface area (Å²) in [5.41, 5.74) is 0.704. The van der Waals surface area contributed by atoms with Crippen LogP contribution in [0.25, 0.3) is 11.1 Å². The molecule has 2 aromatic carbocycles. The van der Waals surface area contributed by atoms with E-state index >= 15 is 0 Å². The Morgan fingerprint density at radius 1 is 1.16 bits per heavy atom. The van der Waals surface area contributed by atoms with Crippen LogP contribution >= 0.6 is 11.6 Å². The van der Waals surface area contributed by atoms with Crippen LogP contribution in [0.4, 0.5) is 0 Å². The second kappa shape index (κ2) is 4.37. The highest BCUT2D eigenvalue weighted by atomic mass is 35.5. The van der Waals surface area contributed by atoms with Crippen molar-refractivity contribution in [1.82, 2.24) is 4.98 Å². The number of hydrogen-bond donors (Lipinski definition) is 1. The minimum atomic E-state index is -1.32. The molecule has 0 radical (unpaired) electrons. The SMILES string of the molecule is CC(O)(c1cccc(Cl)c1)c1nc2ccccc2o1. The lowest BCUT2D eigenvalue weighted by Crippen LogP contribution is -2.23. The highest BCUT2D eigenvalue weighted by Gasteiger charge is 2.31. The third-order valence-corrected chi connectivity index (χ3v) is 3.33. The lowest BCUT2D eigenvalue weighted by molar-refractivity contribution is 0.0727. The summed E-state index contributed by atoms with van der Waals surface area (Å²) in [4.78, 5) is 4.33. The molecule has 0 aliphatic rings. The number of para-hydroxylation sites is 2. The molecule has 1 heterocycles. The van der Waals surface area contributed by atoms with Crippen molar-refractivity contribution in [3.05, 3.63) is 65.0 Å². The number of hydrogen-bond acceptors (Lipinski definition) is 3. The Labute approximate surface area is 115 Å². The monoisotopic (exact) mass is 273 g/mol. The zero-order chi connectivity index (χ0) is 13.5. The van der Waals surface area contributed by atoms with Crippen molar-refractivity contribution in [2.75, 3.05) is 0 Å². The van der Waals surface area contributed by atoms with Crippen molar-refractivity contribution in [2.45, 2.75) is 12.5 Å². The summed E-state index contributed by atoms with van der Waals surface area (Å²) in [6.45, 7) is 1.64. The highest BCUT2D eigenvalue weighted by molar-refractivity contribution is 6.30. The molecule has 0 spiro atoms. The van der Waals surface area contributed by atoms with Crippen LogP contribution in [-0.4, -0.2) is 10.1 Å². The fourth-order valence-electron chi connectivity index (χ4n) is 2.00. The predicted molar refractivity (Wildman–Crippen MR) is 74.1 cm³/mol. The van der Waals surface area contributed by atoms with E-state index in [0.29, 0.717) is 16.2 Å². The molecule has 0 saturated heterocycles. The Hall–Kier alpha value is -1.84. The lowest BCUT2D eigenvalue weighted by atomic mass is 9.96. The first-order valence-electron chi connectivity index (χ1n) is 5.92. The summed E-state index contributed by atoms with van der Waals surface area (Å²) in [6, 6.07) is 14.4. The van der Waals surface area contributed by atoms with Crippen LogP contribution in [0.15, 0.2) is 52.9 Å². The Bertz CT molecular complexity index is 701. The minimum absolute atomic E-state index is 0.260. The van der Waals surface area contributed by atoms with Crippen LogP contribution in [0.1, 0.15) is 18.4 Å². The zero-order valence-corrected chi connectivity index (χ0v) is 11.1. The number of aliphatic hydroxyl groups is 1.